The van der Waals surface area contributed by atoms with Crippen LogP contribution in [-0.4, -0.2) is 36.4 Å². The van der Waals surface area contributed by atoms with Crippen molar-refractivity contribution in [2.75, 3.05) is 19.7 Å². The molecule has 1 saturated heterocycles. The standard InChI is InChI=1S/C25H30N2O3/c1-3-22(26-24(28)15-14-20-12-10-19(2)11-13-20)21-8-4-5-9-23(21)30-18-25(29)27-16-6-7-17-27/h4-5,8-15,22H,3,6-7,16-18H2,1-2H3,(H,26,28)/b15-14+. The van der Waals surface area contributed by atoms with Crippen LogP contribution in [-0.2, 0) is 9.59 Å². The molecule has 5 heteroatoms. The first-order chi connectivity index (χ1) is 14.6. The lowest BCUT2D eigenvalue weighted by Gasteiger charge is -2.21. The molecule has 0 radical (unpaired) electrons. The maximum absolute atomic E-state index is 12.5. The summed E-state index contributed by atoms with van der Waals surface area (Å²) in [5, 5.41) is 3.05. The van der Waals surface area contributed by atoms with E-state index < -0.39 is 0 Å². The van der Waals surface area contributed by atoms with E-state index in [-0.39, 0.29) is 24.5 Å². The van der Waals surface area contributed by atoms with E-state index in [1.807, 2.05) is 67.3 Å². The molecule has 5 nitrogen and oxygen atoms in total. The topological polar surface area (TPSA) is 58.6 Å². The number of nitrogens with zero attached hydrogens (tertiary/aromatic N) is 1. The van der Waals surface area contributed by atoms with Crippen LogP contribution in [0.1, 0.15) is 48.9 Å². The first-order valence-electron chi connectivity index (χ1n) is 10.6. The molecule has 0 aromatic heterocycles. The molecular formula is C25H30N2O3. The lowest BCUT2D eigenvalue weighted by Crippen LogP contribution is -2.32. The third-order valence-electron chi connectivity index (χ3n) is 5.33. The van der Waals surface area contributed by atoms with Gasteiger partial charge in [0.1, 0.15) is 5.75 Å². The fourth-order valence-electron chi connectivity index (χ4n) is 3.57. The van der Waals surface area contributed by atoms with Gasteiger partial charge in [-0.3, -0.25) is 9.59 Å². The van der Waals surface area contributed by atoms with E-state index in [1.54, 1.807) is 12.2 Å². The van der Waals surface area contributed by atoms with Crippen molar-refractivity contribution in [2.45, 2.75) is 39.2 Å². The van der Waals surface area contributed by atoms with Crippen molar-refractivity contribution < 1.29 is 14.3 Å². The van der Waals surface area contributed by atoms with E-state index in [2.05, 4.69) is 5.32 Å². The number of hydrogen-bond acceptors (Lipinski definition) is 3. The number of aryl methyl sites for hydroxylation is 1. The van der Waals surface area contributed by atoms with Gasteiger partial charge in [-0.2, -0.15) is 0 Å². The van der Waals surface area contributed by atoms with Gasteiger partial charge in [0, 0.05) is 24.7 Å². The molecule has 1 aliphatic rings. The summed E-state index contributed by atoms with van der Waals surface area (Å²) in [6, 6.07) is 15.4. The zero-order valence-corrected chi connectivity index (χ0v) is 17.8. The summed E-state index contributed by atoms with van der Waals surface area (Å²) < 4.78 is 5.86. The molecule has 2 aromatic carbocycles. The van der Waals surface area contributed by atoms with E-state index in [9.17, 15) is 9.59 Å². The highest BCUT2D eigenvalue weighted by atomic mass is 16.5. The van der Waals surface area contributed by atoms with E-state index in [1.165, 1.54) is 5.56 Å². The quantitative estimate of drug-likeness (QED) is 0.666. The summed E-state index contributed by atoms with van der Waals surface area (Å²) in [4.78, 5) is 26.6. The van der Waals surface area contributed by atoms with E-state index in [0.29, 0.717) is 12.2 Å². The number of carbonyl (C=O) groups excluding carboxylic acids is 2. The van der Waals surface area contributed by atoms with Crippen molar-refractivity contribution in [3.05, 3.63) is 71.3 Å². The number of benzene rings is 2. The van der Waals surface area contributed by atoms with E-state index in [0.717, 1.165) is 37.1 Å². The molecule has 158 valence electrons. The molecule has 1 unspecified atom stereocenters. The number of nitrogens with one attached hydrogen (secondary N) is 1. The highest BCUT2D eigenvalue weighted by Crippen LogP contribution is 2.27. The lowest BCUT2D eigenvalue weighted by molar-refractivity contribution is -0.132. The summed E-state index contributed by atoms with van der Waals surface area (Å²) in [6.45, 7) is 5.69. The van der Waals surface area contributed by atoms with Gasteiger partial charge in [-0.15, -0.1) is 0 Å². The van der Waals surface area contributed by atoms with Gasteiger partial charge in [-0.25, -0.2) is 0 Å². The van der Waals surface area contributed by atoms with Crippen molar-refractivity contribution in [3.8, 4) is 5.75 Å². The number of likely N-dealkylation sites (tertiary alicyclic amines) is 1. The molecule has 2 amide bonds. The molecule has 1 N–H and O–H groups in total. The average molecular weight is 407 g/mol. The molecule has 1 atom stereocenters. The second-order valence-electron chi connectivity index (χ2n) is 7.63. The monoisotopic (exact) mass is 406 g/mol. The maximum atomic E-state index is 12.5. The molecule has 1 aliphatic heterocycles. The number of hydrogen-bond donors (Lipinski definition) is 1. The predicted octanol–water partition coefficient (Wildman–Crippen LogP) is 4.28. The zero-order valence-electron chi connectivity index (χ0n) is 17.8. The minimum atomic E-state index is -0.196. The lowest BCUT2D eigenvalue weighted by atomic mass is 10.0. The first-order valence-corrected chi connectivity index (χ1v) is 10.6. The molecule has 1 heterocycles. The summed E-state index contributed by atoms with van der Waals surface area (Å²) in [7, 11) is 0. The summed E-state index contributed by atoms with van der Waals surface area (Å²) in [5.74, 6) is 0.491. The number of amides is 2. The van der Waals surface area contributed by atoms with Crippen molar-refractivity contribution in [1.82, 2.24) is 10.2 Å². The van der Waals surface area contributed by atoms with Crippen LogP contribution in [0.2, 0.25) is 0 Å². The van der Waals surface area contributed by atoms with Crippen LogP contribution in [0.4, 0.5) is 0 Å². The Morgan fingerprint density at radius 3 is 2.50 bits per heavy atom. The zero-order chi connectivity index (χ0) is 21.3. The van der Waals surface area contributed by atoms with Crippen LogP contribution < -0.4 is 10.1 Å². The van der Waals surface area contributed by atoms with Crippen LogP contribution in [0.3, 0.4) is 0 Å². The van der Waals surface area contributed by atoms with Crippen LogP contribution in [0.15, 0.2) is 54.6 Å². The second kappa shape index (κ2) is 10.6. The van der Waals surface area contributed by atoms with Gasteiger partial charge in [0.05, 0.1) is 6.04 Å². The van der Waals surface area contributed by atoms with Crippen molar-refractivity contribution >= 4 is 17.9 Å². The Bertz CT molecular complexity index is 884. The summed E-state index contributed by atoms with van der Waals surface area (Å²) in [5.41, 5.74) is 3.04. The van der Waals surface area contributed by atoms with Gasteiger partial charge in [-0.05, 0) is 43.9 Å². The Balaban J connectivity index is 1.63. The van der Waals surface area contributed by atoms with Crippen molar-refractivity contribution in [1.29, 1.82) is 0 Å². The Kier molecular flexibility index (Phi) is 7.66. The molecule has 0 spiro atoms. The number of rotatable bonds is 8. The van der Waals surface area contributed by atoms with Gasteiger partial charge < -0.3 is 15.0 Å². The van der Waals surface area contributed by atoms with E-state index in [4.69, 9.17) is 4.74 Å². The first kappa shape index (κ1) is 21.6. The highest BCUT2D eigenvalue weighted by molar-refractivity contribution is 5.92. The summed E-state index contributed by atoms with van der Waals surface area (Å²) in [6.07, 6.45) is 6.18. The Morgan fingerprint density at radius 1 is 1.10 bits per heavy atom. The van der Waals surface area contributed by atoms with Crippen LogP contribution in [0.25, 0.3) is 6.08 Å². The molecule has 0 saturated carbocycles. The van der Waals surface area contributed by atoms with Crippen LogP contribution in [0.5, 0.6) is 5.75 Å². The molecule has 0 aliphatic carbocycles. The van der Waals surface area contributed by atoms with Gasteiger partial charge in [0.15, 0.2) is 6.61 Å². The smallest absolute Gasteiger partial charge is 0.260 e. The van der Waals surface area contributed by atoms with Crippen molar-refractivity contribution in [2.24, 2.45) is 0 Å². The number of ether oxygens (including phenoxy) is 1. The normalized spacial score (nSPS) is 14.7. The highest BCUT2D eigenvalue weighted by Gasteiger charge is 2.20. The molecule has 30 heavy (non-hydrogen) atoms. The Morgan fingerprint density at radius 2 is 1.80 bits per heavy atom. The van der Waals surface area contributed by atoms with Gasteiger partial charge in [-0.1, -0.05) is 55.0 Å². The number of para-hydroxylation sites is 1. The van der Waals surface area contributed by atoms with E-state index >= 15 is 0 Å². The average Bonchev–Trinajstić information content (AvgIpc) is 3.31. The molecular weight excluding hydrogens is 376 g/mol. The largest absolute Gasteiger partial charge is 0.483 e. The van der Waals surface area contributed by atoms with Gasteiger partial charge in [0.2, 0.25) is 5.91 Å². The van der Waals surface area contributed by atoms with Gasteiger partial charge >= 0.3 is 0 Å². The predicted molar refractivity (Wildman–Crippen MR) is 119 cm³/mol. The van der Waals surface area contributed by atoms with Gasteiger partial charge in [0.25, 0.3) is 5.91 Å². The van der Waals surface area contributed by atoms with Crippen LogP contribution >= 0.6 is 0 Å². The fourth-order valence-corrected chi connectivity index (χ4v) is 3.57. The molecule has 0 bridgehead atoms. The molecule has 1 fully saturated rings. The minimum Gasteiger partial charge on any atom is -0.483 e. The second-order valence-corrected chi connectivity index (χ2v) is 7.63. The maximum Gasteiger partial charge on any atom is 0.260 e. The third-order valence-corrected chi connectivity index (χ3v) is 5.33. The Hall–Kier alpha value is -3.08. The SMILES string of the molecule is CCC(NC(=O)/C=C/c1ccc(C)cc1)c1ccccc1OCC(=O)N1CCCC1. The Labute approximate surface area is 178 Å². The minimum absolute atomic E-state index is 0.0143. The fraction of sp³-hybridized carbons (Fsp3) is 0.360. The molecule has 3 rings (SSSR count). The third kappa shape index (κ3) is 5.96. The molecule has 2 aromatic rings. The van der Waals surface area contributed by atoms with Crippen LogP contribution in [0, 0.1) is 6.92 Å². The summed E-state index contributed by atoms with van der Waals surface area (Å²) >= 11 is 0. The van der Waals surface area contributed by atoms with Crippen molar-refractivity contribution in [3.63, 3.8) is 0 Å². The number of carbonyl (C=O) groups is 2.